The molecule has 1 aromatic heterocycles. The van der Waals surface area contributed by atoms with Crippen molar-refractivity contribution in [3.05, 3.63) is 23.8 Å². The largest absolute Gasteiger partial charge is 0.364 e. The molecule has 0 spiro atoms. The average molecular weight is 276 g/mol. The van der Waals surface area contributed by atoms with E-state index in [-0.39, 0.29) is 18.1 Å². The monoisotopic (exact) mass is 276 g/mol. The fourth-order valence-corrected chi connectivity index (χ4v) is 2.83. The van der Waals surface area contributed by atoms with Crippen LogP contribution in [-0.2, 0) is 16.1 Å². The van der Waals surface area contributed by atoms with E-state index >= 15 is 0 Å². The van der Waals surface area contributed by atoms with E-state index in [1.807, 2.05) is 6.92 Å². The number of hydrogen-bond donors (Lipinski definition) is 2. The van der Waals surface area contributed by atoms with Gasteiger partial charge < -0.3 is 15.4 Å². The molecule has 2 aliphatic heterocycles. The van der Waals surface area contributed by atoms with E-state index in [0.717, 1.165) is 37.3 Å². The summed E-state index contributed by atoms with van der Waals surface area (Å²) in [6.45, 7) is 4.17. The van der Waals surface area contributed by atoms with Crippen molar-refractivity contribution in [2.24, 2.45) is 5.92 Å². The van der Waals surface area contributed by atoms with Crippen molar-refractivity contribution in [2.45, 2.75) is 38.5 Å². The van der Waals surface area contributed by atoms with E-state index in [1.54, 1.807) is 12.4 Å². The van der Waals surface area contributed by atoms with Crippen molar-refractivity contribution in [3.63, 3.8) is 0 Å². The highest BCUT2D eigenvalue weighted by molar-refractivity contribution is 5.81. The Morgan fingerprint density at radius 2 is 2.40 bits per heavy atom. The van der Waals surface area contributed by atoms with E-state index in [0.29, 0.717) is 12.5 Å². The first-order valence-corrected chi connectivity index (χ1v) is 7.14. The molecule has 0 saturated carbocycles. The number of hydrogen-bond acceptors (Lipinski definition) is 5. The molecular weight excluding hydrogens is 256 g/mol. The summed E-state index contributed by atoms with van der Waals surface area (Å²) in [7, 11) is 0. The van der Waals surface area contributed by atoms with Crippen LogP contribution in [0, 0.1) is 12.8 Å². The normalized spacial score (nSPS) is 28.9. The van der Waals surface area contributed by atoms with E-state index in [1.165, 1.54) is 0 Å². The number of rotatable bonds is 3. The van der Waals surface area contributed by atoms with Crippen LogP contribution in [0.3, 0.4) is 0 Å². The number of nitrogens with zero attached hydrogens (tertiary/aromatic N) is 2. The summed E-state index contributed by atoms with van der Waals surface area (Å²) in [5, 5.41) is 6.19. The highest BCUT2D eigenvalue weighted by Crippen LogP contribution is 2.30. The molecule has 1 amide bonds. The van der Waals surface area contributed by atoms with Crippen LogP contribution in [0.1, 0.15) is 24.2 Å². The Balaban J connectivity index is 1.51. The van der Waals surface area contributed by atoms with Gasteiger partial charge in [-0.2, -0.15) is 0 Å². The molecule has 0 radical (unpaired) electrons. The number of nitrogens with one attached hydrogen (secondary N) is 2. The smallest absolute Gasteiger partial charge is 0.249 e. The molecule has 2 aliphatic rings. The van der Waals surface area contributed by atoms with Gasteiger partial charge in [-0.15, -0.1) is 0 Å². The molecule has 2 fully saturated rings. The van der Waals surface area contributed by atoms with Gasteiger partial charge in [-0.05, 0) is 32.2 Å². The molecule has 20 heavy (non-hydrogen) atoms. The van der Waals surface area contributed by atoms with Gasteiger partial charge in [0.15, 0.2) is 0 Å². The SMILES string of the molecule is Cc1cnc(CNC(=O)[C@H]2C[C@@H]3CCNC[C@H]3O2)cn1. The number of ether oxygens (including phenoxy) is 1. The number of aryl methyl sites for hydroxylation is 1. The Hall–Kier alpha value is -1.53. The highest BCUT2D eigenvalue weighted by atomic mass is 16.5. The van der Waals surface area contributed by atoms with Gasteiger partial charge in [0.1, 0.15) is 6.10 Å². The van der Waals surface area contributed by atoms with Crippen LogP contribution < -0.4 is 10.6 Å². The summed E-state index contributed by atoms with van der Waals surface area (Å²) in [4.78, 5) is 20.5. The van der Waals surface area contributed by atoms with Gasteiger partial charge in [0.2, 0.25) is 5.91 Å². The maximum absolute atomic E-state index is 12.1. The number of fused-ring (bicyclic) bond motifs is 1. The van der Waals surface area contributed by atoms with Crippen LogP contribution in [-0.4, -0.2) is 41.2 Å². The molecular formula is C14H20N4O2. The summed E-state index contributed by atoms with van der Waals surface area (Å²) in [6.07, 6.45) is 5.19. The molecule has 0 aliphatic carbocycles. The molecule has 3 heterocycles. The van der Waals surface area contributed by atoms with Gasteiger partial charge in [-0.3, -0.25) is 14.8 Å². The van der Waals surface area contributed by atoms with Crippen LogP contribution in [0.5, 0.6) is 0 Å². The van der Waals surface area contributed by atoms with E-state index in [9.17, 15) is 4.79 Å². The van der Waals surface area contributed by atoms with Crippen LogP contribution in [0.4, 0.5) is 0 Å². The van der Waals surface area contributed by atoms with Crippen LogP contribution in [0.15, 0.2) is 12.4 Å². The molecule has 3 rings (SSSR count). The van der Waals surface area contributed by atoms with Crippen LogP contribution in [0.2, 0.25) is 0 Å². The molecule has 108 valence electrons. The summed E-state index contributed by atoms with van der Waals surface area (Å²) < 4.78 is 5.82. The molecule has 3 atom stereocenters. The lowest BCUT2D eigenvalue weighted by atomic mass is 9.93. The summed E-state index contributed by atoms with van der Waals surface area (Å²) >= 11 is 0. The second kappa shape index (κ2) is 5.85. The molecule has 2 N–H and O–H groups in total. The minimum absolute atomic E-state index is 0.0400. The lowest BCUT2D eigenvalue weighted by Crippen LogP contribution is -2.39. The standard InChI is InChI=1S/C14H20N4O2/c1-9-5-17-11(6-16-9)7-18-14(19)12-4-10-2-3-15-8-13(10)20-12/h5-6,10,12-13,15H,2-4,7-8H2,1H3,(H,18,19)/t10-,12+,13+/m0/s1. The summed E-state index contributed by atoms with van der Waals surface area (Å²) in [5.41, 5.74) is 1.64. The fraction of sp³-hybridized carbons (Fsp3) is 0.643. The van der Waals surface area contributed by atoms with Gasteiger partial charge in [-0.25, -0.2) is 0 Å². The third-order valence-electron chi connectivity index (χ3n) is 3.99. The molecule has 6 nitrogen and oxygen atoms in total. The first-order chi connectivity index (χ1) is 9.72. The Kier molecular flexibility index (Phi) is 3.93. The molecule has 2 saturated heterocycles. The number of carbonyl (C=O) groups excluding carboxylic acids is 1. The minimum Gasteiger partial charge on any atom is -0.364 e. The molecule has 6 heteroatoms. The first kappa shape index (κ1) is 13.5. The van der Waals surface area contributed by atoms with Crippen molar-refractivity contribution < 1.29 is 9.53 Å². The molecule has 0 aromatic carbocycles. The summed E-state index contributed by atoms with van der Waals surface area (Å²) in [5.74, 6) is 0.480. The van der Waals surface area contributed by atoms with Crippen LogP contribution in [0.25, 0.3) is 0 Å². The number of amides is 1. The zero-order chi connectivity index (χ0) is 13.9. The predicted octanol–water partition coefficient (Wildman–Crippen LogP) is 0.168. The third kappa shape index (κ3) is 2.96. The molecule has 0 unspecified atom stereocenters. The zero-order valence-corrected chi connectivity index (χ0v) is 11.6. The first-order valence-electron chi connectivity index (χ1n) is 7.14. The second-order valence-corrected chi connectivity index (χ2v) is 5.52. The maximum atomic E-state index is 12.1. The van der Waals surface area contributed by atoms with Crippen molar-refractivity contribution >= 4 is 5.91 Å². The van der Waals surface area contributed by atoms with Gasteiger partial charge in [0.05, 0.1) is 30.2 Å². The fourth-order valence-electron chi connectivity index (χ4n) is 2.83. The van der Waals surface area contributed by atoms with Gasteiger partial charge in [0, 0.05) is 12.7 Å². The van der Waals surface area contributed by atoms with Crippen molar-refractivity contribution in [2.75, 3.05) is 13.1 Å². The van der Waals surface area contributed by atoms with Gasteiger partial charge >= 0.3 is 0 Å². The lowest BCUT2D eigenvalue weighted by molar-refractivity contribution is -0.132. The quantitative estimate of drug-likeness (QED) is 0.823. The molecule has 1 aromatic rings. The zero-order valence-electron chi connectivity index (χ0n) is 11.6. The van der Waals surface area contributed by atoms with Crippen molar-refractivity contribution in [1.29, 1.82) is 0 Å². The van der Waals surface area contributed by atoms with Gasteiger partial charge in [0.25, 0.3) is 0 Å². The Labute approximate surface area is 118 Å². The van der Waals surface area contributed by atoms with E-state index < -0.39 is 0 Å². The summed E-state index contributed by atoms with van der Waals surface area (Å²) in [6, 6.07) is 0. The average Bonchev–Trinajstić information content (AvgIpc) is 2.90. The Morgan fingerprint density at radius 1 is 1.50 bits per heavy atom. The van der Waals surface area contributed by atoms with Crippen LogP contribution >= 0.6 is 0 Å². The number of carbonyl (C=O) groups is 1. The third-order valence-corrected chi connectivity index (χ3v) is 3.99. The van der Waals surface area contributed by atoms with E-state index in [2.05, 4.69) is 20.6 Å². The predicted molar refractivity (Wildman–Crippen MR) is 72.9 cm³/mol. The lowest BCUT2D eigenvalue weighted by Gasteiger charge is -2.24. The van der Waals surface area contributed by atoms with Crippen molar-refractivity contribution in [1.82, 2.24) is 20.6 Å². The Bertz CT molecular complexity index is 463. The minimum atomic E-state index is -0.316. The Morgan fingerprint density at radius 3 is 3.15 bits per heavy atom. The molecule has 0 bridgehead atoms. The van der Waals surface area contributed by atoms with Gasteiger partial charge in [-0.1, -0.05) is 0 Å². The maximum Gasteiger partial charge on any atom is 0.249 e. The van der Waals surface area contributed by atoms with E-state index in [4.69, 9.17) is 4.74 Å². The number of aromatic nitrogens is 2. The van der Waals surface area contributed by atoms with Crippen molar-refractivity contribution in [3.8, 4) is 0 Å². The highest BCUT2D eigenvalue weighted by Gasteiger charge is 2.39. The number of piperidine rings is 1. The topological polar surface area (TPSA) is 76.1 Å². The second-order valence-electron chi connectivity index (χ2n) is 5.52.